The minimum Gasteiger partial charge on any atom is -0.379 e. The van der Waals surface area contributed by atoms with Crippen LogP contribution >= 0.6 is 0 Å². The van der Waals surface area contributed by atoms with Crippen LogP contribution < -0.4 is 0 Å². The van der Waals surface area contributed by atoms with Gasteiger partial charge in [-0.2, -0.15) is 0 Å². The van der Waals surface area contributed by atoms with Gasteiger partial charge in [0.1, 0.15) is 0 Å². The minimum atomic E-state index is 0.0719. The third-order valence-electron chi connectivity index (χ3n) is 2.75. The summed E-state index contributed by atoms with van der Waals surface area (Å²) in [5.41, 5.74) is 0. The number of hydrogen-bond acceptors (Lipinski definition) is 4. The van der Waals surface area contributed by atoms with E-state index in [1.165, 1.54) is 0 Å². The molecule has 4 nitrogen and oxygen atoms in total. The Morgan fingerprint density at radius 3 is 1.29 bits per heavy atom. The maximum atomic E-state index is 5.74. The van der Waals surface area contributed by atoms with Crippen molar-refractivity contribution in [1.29, 1.82) is 0 Å². The highest BCUT2D eigenvalue weighted by Crippen LogP contribution is 2.03. The second-order valence-corrected chi connectivity index (χ2v) is 6.76. The van der Waals surface area contributed by atoms with Crippen molar-refractivity contribution in [3.63, 3.8) is 0 Å². The second-order valence-electron chi connectivity index (χ2n) is 6.76. The Kier molecular flexibility index (Phi) is 12.3. The van der Waals surface area contributed by atoms with E-state index in [0.717, 1.165) is 13.2 Å². The third-order valence-corrected chi connectivity index (χ3v) is 2.75. The first-order valence-corrected chi connectivity index (χ1v) is 8.23. The summed E-state index contributed by atoms with van der Waals surface area (Å²) in [6.45, 7) is 18.1. The fraction of sp³-hybridized carbons (Fsp3) is 1.00. The van der Waals surface area contributed by atoms with Gasteiger partial charge in [-0.1, -0.05) is 27.7 Å². The van der Waals surface area contributed by atoms with Crippen LogP contribution in [0.3, 0.4) is 0 Å². The molecule has 0 aliphatic carbocycles. The SMILES string of the molecule is CC(C)COCC(C)OCC(C)OCC(C)OCC(C)C. The lowest BCUT2D eigenvalue weighted by Gasteiger charge is -2.20. The highest BCUT2D eigenvalue weighted by Gasteiger charge is 2.10. The van der Waals surface area contributed by atoms with E-state index >= 15 is 0 Å². The average molecular weight is 304 g/mol. The van der Waals surface area contributed by atoms with E-state index in [0.29, 0.717) is 31.7 Å². The van der Waals surface area contributed by atoms with Crippen LogP contribution in [-0.4, -0.2) is 51.3 Å². The Labute approximate surface area is 131 Å². The van der Waals surface area contributed by atoms with Crippen LogP contribution in [0, 0.1) is 11.8 Å². The van der Waals surface area contributed by atoms with Gasteiger partial charge in [-0.05, 0) is 32.6 Å². The predicted octanol–water partition coefficient (Wildman–Crippen LogP) is 3.53. The van der Waals surface area contributed by atoms with E-state index in [2.05, 4.69) is 27.7 Å². The lowest BCUT2D eigenvalue weighted by molar-refractivity contribution is -0.0830. The molecule has 0 aliphatic heterocycles. The smallest absolute Gasteiger partial charge is 0.0781 e. The molecule has 0 fully saturated rings. The fourth-order valence-corrected chi connectivity index (χ4v) is 1.57. The lowest BCUT2D eigenvalue weighted by atomic mass is 10.2. The number of hydrogen-bond donors (Lipinski definition) is 0. The normalized spacial score (nSPS) is 16.4. The molecule has 0 saturated heterocycles. The van der Waals surface area contributed by atoms with Crippen LogP contribution in [0.1, 0.15) is 48.5 Å². The van der Waals surface area contributed by atoms with Gasteiger partial charge in [0.25, 0.3) is 0 Å². The quantitative estimate of drug-likeness (QED) is 0.521. The number of ether oxygens (including phenoxy) is 4. The molecule has 0 aromatic rings. The average Bonchev–Trinajstić information content (AvgIpc) is 2.40. The summed E-state index contributed by atoms with van der Waals surface area (Å²) in [5.74, 6) is 1.12. The topological polar surface area (TPSA) is 36.9 Å². The zero-order chi connectivity index (χ0) is 16.3. The van der Waals surface area contributed by atoms with Gasteiger partial charge in [0, 0.05) is 13.2 Å². The van der Waals surface area contributed by atoms with Crippen LogP contribution in [0.4, 0.5) is 0 Å². The molecule has 21 heavy (non-hydrogen) atoms. The molecule has 128 valence electrons. The summed E-state index contributed by atoms with van der Waals surface area (Å²) in [6, 6.07) is 0. The van der Waals surface area contributed by atoms with Crippen molar-refractivity contribution >= 4 is 0 Å². The van der Waals surface area contributed by atoms with Crippen LogP contribution in [-0.2, 0) is 18.9 Å². The maximum absolute atomic E-state index is 5.74. The van der Waals surface area contributed by atoms with Crippen molar-refractivity contribution < 1.29 is 18.9 Å². The van der Waals surface area contributed by atoms with Crippen molar-refractivity contribution in [2.24, 2.45) is 11.8 Å². The van der Waals surface area contributed by atoms with Gasteiger partial charge in [0.2, 0.25) is 0 Å². The molecule has 0 spiro atoms. The van der Waals surface area contributed by atoms with Crippen molar-refractivity contribution in [2.45, 2.75) is 66.8 Å². The standard InChI is InChI=1S/C17H36O4/c1-13(2)8-18-10-15(5)20-12-17(7)21-11-16(6)19-9-14(3)4/h13-17H,8-12H2,1-7H3. The van der Waals surface area contributed by atoms with Crippen molar-refractivity contribution in [3.8, 4) is 0 Å². The molecule has 0 bridgehead atoms. The fourth-order valence-electron chi connectivity index (χ4n) is 1.57. The zero-order valence-corrected chi connectivity index (χ0v) is 15.1. The van der Waals surface area contributed by atoms with Gasteiger partial charge >= 0.3 is 0 Å². The van der Waals surface area contributed by atoms with Crippen molar-refractivity contribution in [3.05, 3.63) is 0 Å². The van der Waals surface area contributed by atoms with Crippen LogP contribution in [0.25, 0.3) is 0 Å². The van der Waals surface area contributed by atoms with Crippen molar-refractivity contribution in [2.75, 3.05) is 33.0 Å². The Hall–Kier alpha value is -0.160. The van der Waals surface area contributed by atoms with Crippen LogP contribution in [0.2, 0.25) is 0 Å². The first-order valence-electron chi connectivity index (χ1n) is 8.23. The molecular formula is C17H36O4. The molecule has 0 N–H and O–H groups in total. The molecule has 0 aromatic carbocycles. The highest BCUT2D eigenvalue weighted by atomic mass is 16.6. The first kappa shape index (κ1) is 20.8. The van der Waals surface area contributed by atoms with Gasteiger partial charge in [0.05, 0.1) is 38.1 Å². The van der Waals surface area contributed by atoms with E-state index in [9.17, 15) is 0 Å². The summed E-state index contributed by atoms with van der Waals surface area (Å²) in [5, 5.41) is 0. The zero-order valence-electron chi connectivity index (χ0n) is 15.1. The lowest BCUT2D eigenvalue weighted by Crippen LogP contribution is -2.27. The highest BCUT2D eigenvalue weighted by molar-refractivity contribution is 4.56. The Morgan fingerprint density at radius 2 is 0.857 bits per heavy atom. The van der Waals surface area contributed by atoms with E-state index in [1.54, 1.807) is 0 Å². The minimum absolute atomic E-state index is 0.0719. The monoisotopic (exact) mass is 304 g/mol. The van der Waals surface area contributed by atoms with Crippen LogP contribution in [0.5, 0.6) is 0 Å². The van der Waals surface area contributed by atoms with Gasteiger partial charge < -0.3 is 18.9 Å². The Balaban J connectivity index is 3.58. The van der Waals surface area contributed by atoms with Gasteiger partial charge in [-0.15, -0.1) is 0 Å². The van der Waals surface area contributed by atoms with Crippen LogP contribution in [0.15, 0.2) is 0 Å². The summed E-state index contributed by atoms with van der Waals surface area (Å²) in [4.78, 5) is 0. The summed E-state index contributed by atoms with van der Waals surface area (Å²) < 4.78 is 22.7. The molecule has 0 saturated carbocycles. The van der Waals surface area contributed by atoms with Crippen molar-refractivity contribution in [1.82, 2.24) is 0 Å². The first-order chi connectivity index (χ1) is 9.81. The summed E-state index contributed by atoms with van der Waals surface area (Å²) >= 11 is 0. The second kappa shape index (κ2) is 12.4. The summed E-state index contributed by atoms with van der Waals surface area (Å²) in [7, 11) is 0. The largest absolute Gasteiger partial charge is 0.379 e. The summed E-state index contributed by atoms with van der Waals surface area (Å²) in [6.07, 6.45) is 0.300. The Bertz CT molecular complexity index is 231. The van der Waals surface area contributed by atoms with E-state index in [-0.39, 0.29) is 18.3 Å². The molecule has 0 aliphatic rings. The molecule has 0 amide bonds. The van der Waals surface area contributed by atoms with Gasteiger partial charge in [-0.3, -0.25) is 0 Å². The van der Waals surface area contributed by atoms with Gasteiger partial charge in [-0.25, -0.2) is 0 Å². The molecule has 3 unspecified atom stereocenters. The molecule has 4 heteroatoms. The maximum Gasteiger partial charge on any atom is 0.0781 e. The molecule has 0 rings (SSSR count). The van der Waals surface area contributed by atoms with Gasteiger partial charge in [0.15, 0.2) is 0 Å². The molecule has 3 atom stereocenters. The molecule has 0 radical (unpaired) electrons. The van der Waals surface area contributed by atoms with E-state index in [1.807, 2.05) is 20.8 Å². The number of rotatable bonds is 13. The van der Waals surface area contributed by atoms with E-state index in [4.69, 9.17) is 18.9 Å². The molecular weight excluding hydrogens is 268 g/mol. The molecule has 0 heterocycles. The molecule has 0 aromatic heterocycles. The third kappa shape index (κ3) is 14.5. The predicted molar refractivity (Wildman–Crippen MR) is 86.7 cm³/mol. The van der Waals surface area contributed by atoms with E-state index < -0.39 is 0 Å². The Morgan fingerprint density at radius 1 is 0.476 bits per heavy atom.